The number of fused-ring (bicyclic) bond motifs is 1. The van der Waals surface area contributed by atoms with Crippen molar-refractivity contribution in [1.29, 1.82) is 5.26 Å². The average molecular weight is 438 g/mol. The molecule has 0 saturated heterocycles. The molecule has 1 aromatic heterocycles. The molecule has 2 aromatic carbocycles. The Bertz CT molecular complexity index is 861. The van der Waals surface area contributed by atoms with Crippen LogP contribution in [0.3, 0.4) is 0 Å². The Hall–Kier alpha value is -1.39. The highest BCUT2D eigenvalue weighted by Gasteiger charge is 2.13. The Morgan fingerprint density at radius 1 is 1.25 bits per heavy atom. The molecule has 3 aromatic rings. The molecule has 0 aliphatic carbocycles. The van der Waals surface area contributed by atoms with Gasteiger partial charge in [-0.25, -0.2) is 4.98 Å². The molecule has 0 amide bonds. The molecule has 3 nitrogen and oxygen atoms in total. The SMILES string of the molecule is Cn1c(-c2cc(Br)ccc2I)nc2cc(C#N)ccc21. The molecule has 0 saturated carbocycles. The van der Waals surface area contributed by atoms with E-state index in [0.717, 1.165) is 30.5 Å². The van der Waals surface area contributed by atoms with Crippen LogP contribution >= 0.6 is 38.5 Å². The minimum Gasteiger partial charge on any atom is -0.327 e. The van der Waals surface area contributed by atoms with Crippen molar-refractivity contribution in [1.82, 2.24) is 9.55 Å². The molecule has 3 rings (SSSR count). The number of nitriles is 1. The zero-order valence-electron chi connectivity index (χ0n) is 10.6. The molecule has 98 valence electrons. The van der Waals surface area contributed by atoms with Gasteiger partial charge in [-0.2, -0.15) is 5.26 Å². The van der Waals surface area contributed by atoms with Gasteiger partial charge in [0.05, 0.1) is 22.7 Å². The first-order valence-corrected chi connectivity index (χ1v) is 7.79. The van der Waals surface area contributed by atoms with Gasteiger partial charge in [0.15, 0.2) is 0 Å². The summed E-state index contributed by atoms with van der Waals surface area (Å²) < 4.78 is 4.22. The highest BCUT2D eigenvalue weighted by molar-refractivity contribution is 14.1. The van der Waals surface area contributed by atoms with Gasteiger partial charge in [0.2, 0.25) is 0 Å². The third kappa shape index (κ3) is 2.23. The lowest BCUT2D eigenvalue weighted by Gasteiger charge is -2.05. The van der Waals surface area contributed by atoms with Crippen LogP contribution in [-0.2, 0) is 7.05 Å². The number of imidazole rings is 1. The van der Waals surface area contributed by atoms with E-state index in [1.165, 1.54) is 0 Å². The van der Waals surface area contributed by atoms with Crippen molar-refractivity contribution in [2.24, 2.45) is 7.05 Å². The van der Waals surface area contributed by atoms with Crippen molar-refractivity contribution in [3.05, 3.63) is 50.0 Å². The molecule has 0 N–H and O–H groups in total. The monoisotopic (exact) mass is 437 g/mol. The molecule has 0 bridgehead atoms. The maximum atomic E-state index is 8.98. The van der Waals surface area contributed by atoms with E-state index in [9.17, 15) is 0 Å². The summed E-state index contributed by atoms with van der Waals surface area (Å²) in [4.78, 5) is 4.68. The minimum absolute atomic E-state index is 0.631. The maximum absolute atomic E-state index is 8.98. The lowest BCUT2D eigenvalue weighted by molar-refractivity contribution is 0.958. The van der Waals surface area contributed by atoms with E-state index in [1.807, 2.05) is 31.3 Å². The van der Waals surface area contributed by atoms with Gasteiger partial charge in [-0.1, -0.05) is 15.9 Å². The van der Waals surface area contributed by atoms with E-state index in [1.54, 1.807) is 0 Å². The quantitative estimate of drug-likeness (QED) is 0.526. The third-order valence-electron chi connectivity index (χ3n) is 3.18. The third-order valence-corrected chi connectivity index (χ3v) is 4.61. The van der Waals surface area contributed by atoms with Crippen LogP contribution in [-0.4, -0.2) is 9.55 Å². The standard InChI is InChI=1S/C15H9BrIN3/c1-20-14-5-2-9(8-18)6-13(14)19-15(20)11-7-10(16)3-4-12(11)17/h2-7H,1H3. The van der Waals surface area contributed by atoms with Crippen molar-refractivity contribution in [2.45, 2.75) is 0 Å². The highest BCUT2D eigenvalue weighted by Crippen LogP contribution is 2.30. The zero-order valence-corrected chi connectivity index (χ0v) is 14.3. The molecule has 0 radical (unpaired) electrons. The maximum Gasteiger partial charge on any atom is 0.141 e. The smallest absolute Gasteiger partial charge is 0.141 e. The van der Waals surface area contributed by atoms with Crippen LogP contribution in [0.4, 0.5) is 0 Å². The van der Waals surface area contributed by atoms with Crippen molar-refractivity contribution in [3.63, 3.8) is 0 Å². The van der Waals surface area contributed by atoms with Crippen molar-refractivity contribution in [3.8, 4) is 17.5 Å². The highest BCUT2D eigenvalue weighted by atomic mass is 127. The first kappa shape index (κ1) is 13.6. The van der Waals surface area contributed by atoms with Gasteiger partial charge in [-0.15, -0.1) is 0 Å². The number of hydrogen-bond donors (Lipinski definition) is 0. The Labute approximate surface area is 138 Å². The molecule has 0 aliphatic heterocycles. The van der Waals surface area contributed by atoms with E-state index in [-0.39, 0.29) is 0 Å². The van der Waals surface area contributed by atoms with Gasteiger partial charge in [0, 0.05) is 20.7 Å². The van der Waals surface area contributed by atoms with Gasteiger partial charge in [-0.3, -0.25) is 0 Å². The van der Waals surface area contributed by atoms with E-state index in [0.29, 0.717) is 5.56 Å². The molecule has 0 unspecified atom stereocenters. The van der Waals surface area contributed by atoms with Crippen LogP contribution in [0.2, 0.25) is 0 Å². The summed E-state index contributed by atoms with van der Waals surface area (Å²) in [5.41, 5.74) is 3.58. The minimum atomic E-state index is 0.631. The summed E-state index contributed by atoms with van der Waals surface area (Å²) >= 11 is 5.81. The van der Waals surface area contributed by atoms with Crippen molar-refractivity contribution < 1.29 is 0 Å². The van der Waals surface area contributed by atoms with E-state index in [2.05, 4.69) is 66.3 Å². The fraction of sp³-hybridized carbons (Fsp3) is 0.0667. The average Bonchev–Trinajstić information content (AvgIpc) is 2.78. The lowest BCUT2D eigenvalue weighted by Crippen LogP contribution is -1.94. The van der Waals surface area contributed by atoms with Gasteiger partial charge in [0.25, 0.3) is 0 Å². The summed E-state index contributed by atoms with van der Waals surface area (Å²) in [6, 6.07) is 13.9. The molecule has 0 spiro atoms. The van der Waals surface area contributed by atoms with Crippen LogP contribution in [0.15, 0.2) is 40.9 Å². The van der Waals surface area contributed by atoms with E-state index < -0.39 is 0 Å². The Balaban J connectivity index is 2.29. The number of aromatic nitrogens is 2. The summed E-state index contributed by atoms with van der Waals surface area (Å²) in [5.74, 6) is 0.904. The topological polar surface area (TPSA) is 41.6 Å². The second-order valence-corrected chi connectivity index (χ2v) is 6.51. The fourth-order valence-corrected chi connectivity index (χ4v) is 3.12. The van der Waals surface area contributed by atoms with Crippen LogP contribution in [0.1, 0.15) is 5.56 Å². The second kappa shape index (κ2) is 5.19. The second-order valence-electron chi connectivity index (χ2n) is 4.43. The molecule has 0 atom stereocenters. The van der Waals surface area contributed by atoms with Crippen LogP contribution in [0.25, 0.3) is 22.4 Å². The number of hydrogen-bond acceptors (Lipinski definition) is 2. The first-order valence-electron chi connectivity index (χ1n) is 5.92. The Morgan fingerprint density at radius 2 is 2.05 bits per heavy atom. The molecule has 20 heavy (non-hydrogen) atoms. The van der Waals surface area contributed by atoms with Crippen molar-refractivity contribution >= 4 is 49.6 Å². The fourth-order valence-electron chi connectivity index (χ4n) is 2.18. The predicted molar refractivity (Wildman–Crippen MR) is 91.3 cm³/mol. The van der Waals surface area contributed by atoms with E-state index >= 15 is 0 Å². The first-order chi connectivity index (χ1) is 9.60. The molecular weight excluding hydrogens is 429 g/mol. The number of benzene rings is 2. The zero-order chi connectivity index (χ0) is 14.3. The predicted octanol–water partition coefficient (Wildman–Crippen LogP) is 4.48. The van der Waals surface area contributed by atoms with E-state index in [4.69, 9.17) is 5.26 Å². The summed E-state index contributed by atoms with van der Waals surface area (Å²) in [7, 11) is 1.99. The molecule has 5 heteroatoms. The summed E-state index contributed by atoms with van der Waals surface area (Å²) in [6.45, 7) is 0. The normalized spacial score (nSPS) is 10.7. The summed E-state index contributed by atoms with van der Waals surface area (Å²) in [5, 5.41) is 8.98. The molecule has 0 aliphatic rings. The van der Waals surface area contributed by atoms with Gasteiger partial charge < -0.3 is 4.57 Å². The Kier molecular flexibility index (Phi) is 3.52. The number of aryl methyl sites for hydroxylation is 1. The largest absolute Gasteiger partial charge is 0.327 e. The van der Waals surface area contributed by atoms with Gasteiger partial charge in [-0.05, 0) is 59.0 Å². The van der Waals surface area contributed by atoms with Gasteiger partial charge in [0.1, 0.15) is 5.82 Å². The Morgan fingerprint density at radius 3 is 2.80 bits per heavy atom. The van der Waals surface area contributed by atoms with Crippen LogP contribution in [0.5, 0.6) is 0 Å². The molecule has 1 heterocycles. The molecule has 0 fully saturated rings. The molecular formula is C15H9BrIN3. The van der Waals surface area contributed by atoms with Gasteiger partial charge >= 0.3 is 0 Å². The number of rotatable bonds is 1. The number of nitrogens with zero attached hydrogens (tertiary/aromatic N) is 3. The van der Waals surface area contributed by atoms with Crippen LogP contribution < -0.4 is 0 Å². The summed E-state index contributed by atoms with van der Waals surface area (Å²) in [6.07, 6.45) is 0. The van der Waals surface area contributed by atoms with Crippen molar-refractivity contribution in [2.75, 3.05) is 0 Å². The number of halogens is 2. The van der Waals surface area contributed by atoms with Crippen LogP contribution in [0, 0.1) is 14.9 Å². The lowest BCUT2D eigenvalue weighted by atomic mass is 10.2.